The van der Waals surface area contributed by atoms with Crippen LogP contribution in [-0.2, 0) is 38.4 Å². The molecule has 0 radical (unpaired) electrons. The summed E-state index contributed by atoms with van der Waals surface area (Å²) in [4.78, 5) is 0. The van der Waals surface area contributed by atoms with Crippen molar-refractivity contribution >= 4 is 104 Å². The van der Waals surface area contributed by atoms with Gasteiger partial charge in [-0.1, -0.05) is 182 Å². The summed E-state index contributed by atoms with van der Waals surface area (Å²) in [7, 11) is -7.60. The molecule has 0 amide bonds. The third-order valence-corrected chi connectivity index (χ3v) is 30.5. The second kappa shape index (κ2) is 19.4. The molecule has 6 aromatic carbocycles. The number of rotatable bonds is 9. The number of halogens is 2. The average Bonchev–Trinajstić information content (AvgIpc) is 3.67. The molecule has 12 heteroatoms. The predicted octanol–water partition coefficient (Wildman–Crippen LogP) is 10.2. The summed E-state index contributed by atoms with van der Waals surface area (Å²) >= 11 is 1.61. The first-order valence-corrected chi connectivity index (χ1v) is 26.6. The van der Waals surface area contributed by atoms with Crippen LogP contribution in [0.2, 0.25) is 0 Å². The van der Waals surface area contributed by atoms with Crippen LogP contribution in [0.15, 0.2) is 188 Å². The van der Waals surface area contributed by atoms with Crippen LogP contribution in [0.3, 0.4) is 0 Å². The summed E-state index contributed by atoms with van der Waals surface area (Å²) in [6.45, 7) is 0. The van der Waals surface area contributed by atoms with E-state index in [0.717, 1.165) is 7.87 Å². The van der Waals surface area contributed by atoms with Crippen LogP contribution in [0.4, 0.5) is 0 Å². The molecule has 1 atom stereocenters. The van der Waals surface area contributed by atoms with Gasteiger partial charge in [0.05, 0.1) is 0 Å². The SMILES string of the molecule is Cl.Cl.O=P(c1ccccc1)(c1ccccc1)C(P(=O)(c1ccccc1)c1ccccc1)P(=O)(c1ccccc1)c1ccccc1.[Zr][c]1c[pH]pp1. The van der Waals surface area contributed by atoms with Crippen LogP contribution in [0.5, 0.6) is 0 Å². The van der Waals surface area contributed by atoms with E-state index in [2.05, 4.69) is 5.80 Å². The molecular weight excluding hydrogens is 864 g/mol. The molecule has 0 fully saturated rings. The molecule has 1 unspecified atom stereocenters. The third kappa shape index (κ3) is 8.92. The van der Waals surface area contributed by atoms with Gasteiger partial charge in [0.15, 0.2) is 21.4 Å². The maximum atomic E-state index is 16.6. The number of hydrogen-bond acceptors (Lipinski definition) is 3. The molecule has 1 aromatic heterocycles. The van der Waals surface area contributed by atoms with Gasteiger partial charge in [0.2, 0.25) is 0 Å². The fraction of sp³-hybridized carbons (Fsp3) is 0.0256. The molecule has 0 saturated carbocycles. The van der Waals surface area contributed by atoms with Crippen molar-refractivity contribution in [2.24, 2.45) is 0 Å². The maximum absolute atomic E-state index is 16.6. The molecule has 0 saturated heterocycles. The van der Waals surface area contributed by atoms with Gasteiger partial charge < -0.3 is 13.7 Å². The summed E-state index contributed by atoms with van der Waals surface area (Å²) in [5.41, 5.74) is 0. The normalized spacial score (nSPS) is 11.8. The number of hydrogen-bond donors (Lipinski definition) is 0. The third-order valence-electron chi connectivity index (χ3n) is 8.23. The summed E-state index contributed by atoms with van der Waals surface area (Å²) < 4.78 is 51.3. The van der Waals surface area contributed by atoms with Crippen LogP contribution < -0.4 is 34.8 Å². The summed E-state index contributed by atoms with van der Waals surface area (Å²) in [5, 5.41) is 1.80. The van der Waals surface area contributed by atoms with Gasteiger partial charge in [-0.05, 0) is 0 Å². The second-order valence-corrected chi connectivity index (χ2v) is 28.6. The van der Waals surface area contributed by atoms with Crippen LogP contribution in [-0.4, -0.2) is 5.14 Å². The van der Waals surface area contributed by atoms with Gasteiger partial charge in [0, 0.05) is 31.8 Å². The standard InChI is InChI=1S/C37H31O3P3.C2H2P3.2ClH.Zr/c38-41(31-19-7-1-8-20-31,32-21-9-2-10-22-32)37(42(39,33-23-11-3-12-24-33)34-25-13-4-14-26-34)43(40,35-27-15-5-16-28-35)36-29-17-6-18-30-36;1-2-4-5-3-1;;;/h1-30,37H;1,3H;2*1H;. The van der Waals surface area contributed by atoms with Crippen molar-refractivity contribution in [2.45, 2.75) is 5.14 Å². The van der Waals surface area contributed by atoms with Gasteiger partial charge in [-0.2, -0.15) is 0 Å². The molecule has 1 heterocycles. The molecule has 51 heavy (non-hydrogen) atoms. The molecule has 7 aromatic rings. The molecule has 0 N–H and O–H groups in total. The van der Waals surface area contributed by atoms with Gasteiger partial charge >= 0.3 is 56.8 Å². The minimum absolute atomic E-state index is 0. The molecule has 3 nitrogen and oxygen atoms in total. The fourth-order valence-corrected chi connectivity index (χ4v) is 31.9. The van der Waals surface area contributed by atoms with Crippen LogP contribution in [0.25, 0.3) is 0 Å². The Bertz CT molecular complexity index is 1860. The molecular formula is C39H35Cl2O3P6Zr. The van der Waals surface area contributed by atoms with E-state index in [9.17, 15) is 0 Å². The summed E-state index contributed by atoms with van der Waals surface area (Å²) in [6.07, 6.45) is 0. The summed E-state index contributed by atoms with van der Waals surface area (Å²) in [6, 6.07) is 55.2. The van der Waals surface area contributed by atoms with Crippen molar-refractivity contribution in [3.8, 4) is 0 Å². The molecule has 0 aliphatic heterocycles. The summed E-state index contributed by atoms with van der Waals surface area (Å²) in [5.74, 6) is 2.36. The van der Waals surface area contributed by atoms with Crippen LogP contribution in [0.1, 0.15) is 0 Å². The van der Waals surface area contributed by atoms with Crippen molar-refractivity contribution in [1.82, 2.24) is 0 Å². The molecule has 257 valence electrons. The van der Waals surface area contributed by atoms with E-state index >= 15 is 13.7 Å². The Morgan fingerprint density at radius 1 is 0.412 bits per heavy atom. The molecule has 7 rings (SSSR count). The fourth-order valence-electron chi connectivity index (χ4n) is 6.03. The van der Waals surface area contributed by atoms with E-state index in [0.29, 0.717) is 31.8 Å². The Kier molecular flexibility index (Phi) is 16.0. The Labute approximate surface area is 333 Å². The number of benzene rings is 6. The van der Waals surface area contributed by atoms with Crippen LogP contribution in [0, 0.1) is 0 Å². The van der Waals surface area contributed by atoms with Gasteiger partial charge in [0.25, 0.3) is 0 Å². The van der Waals surface area contributed by atoms with Crippen LogP contribution >= 0.6 is 69.5 Å². The Balaban J connectivity index is 0.000000662. The van der Waals surface area contributed by atoms with E-state index in [1.165, 1.54) is 0 Å². The monoisotopic (exact) mass is 897 g/mol. The molecule has 0 spiro atoms. The van der Waals surface area contributed by atoms with Crippen molar-refractivity contribution < 1.29 is 38.4 Å². The van der Waals surface area contributed by atoms with Crippen molar-refractivity contribution in [1.29, 1.82) is 0 Å². The van der Waals surface area contributed by atoms with Crippen molar-refractivity contribution in [3.05, 3.63) is 188 Å². The molecule has 0 aliphatic rings. The van der Waals surface area contributed by atoms with E-state index in [1.54, 1.807) is 43.1 Å². The van der Waals surface area contributed by atoms with Crippen molar-refractivity contribution in [2.75, 3.05) is 0 Å². The topological polar surface area (TPSA) is 51.2 Å². The van der Waals surface area contributed by atoms with Gasteiger partial charge in [-0.15, -0.1) is 24.8 Å². The Morgan fingerprint density at radius 3 is 0.765 bits per heavy atom. The zero-order valence-electron chi connectivity index (χ0n) is 27.3. The van der Waals surface area contributed by atoms with Gasteiger partial charge in [0.1, 0.15) is 5.14 Å². The Morgan fingerprint density at radius 2 is 0.627 bits per heavy atom. The van der Waals surface area contributed by atoms with Gasteiger partial charge in [-0.25, -0.2) is 0 Å². The minimum atomic E-state index is -3.97. The van der Waals surface area contributed by atoms with E-state index in [-0.39, 0.29) is 24.8 Å². The van der Waals surface area contributed by atoms with Crippen molar-refractivity contribution in [3.63, 3.8) is 0 Å². The second-order valence-electron chi connectivity index (χ2n) is 11.2. The first-order chi connectivity index (χ1) is 23.9. The predicted molar refractivity (Wildman–Crippen MR) is 228 cm³/mol. The van der Waals surface area contributed by atoms with Gasteiger partial charge in [-0.3, -0.25) is 0 Å². The zero-order chi connectivity index (χ0) is 34.2. The Hall–Kier alpha value is -1.89. The first kappa shape index (κ1) is 41.9. The molecule has 0 bridgehead atoms. The average molecular weight is 900 g/mol. The van der Waals surface area contributed by atoms with E-state index in [1.807, 2.05) is 182 Å². The quantitative estimate of drug-likeness (QED) is 0.136. The van der Waals surface area contributed by atoms with E-state index < -0.39 is 26.6 Å². The first-order valence-electron chi connectivity index (χ1n) is 15.6. The molecule has 0 aliphatic carbocycles. The zero-order valence-corrected chi connectivity index (χ0v) is 36.8. The van der Waals surface area contributed by atoms with E-state index in [4.69, 9.17) is 0 Å².